The van der Waals surface area contributed by atoms with Crippen LogP contribution in [0.25, 0.3) is 0 Å². The Bertz CT molecular complexity index is 165. The molecule has 1 aliphatic rings. The minimum Gasteiger partial charge on any atom is -0.377 e. The van der Waals surface area contributed by atoms with E-state index in [2.05, 4.69) is 32.6 Å². The standard InChI is InChI=1S/C11H23NO/c1-9(2)12-8-6-7-10(12)11(3,4)13-5/h9-10H,6-8H2,1-5H3. The minimum atomic E-state index is 0.000764. The van der Waals surface area contributed by atoms with Gasteiger partial charge in [0.15, 0.2) is 0 Å². The largest absolute Gasteiger partial charge is 0.377 e. The predicted octanol–water partition coefficient (Wildman–Crippen LogP) is 2.28. The van der Waals surface area contributed by atoms with Crippen molar-refractivity contribution in [3.05, 3.63) is 0 Å². The summed E-state index contributed by atoms with van der Waals surface area (Å²) in [4.78, 5) is 2.56. The summed E-state index contributed by atoms with van der Waals surface area (Å²) in [5, 5.41) is 0. The van der Waals surface area contributed by atoms with Crippen LogP contribution in [0.5, 0.6) is 0 Å². The summed E-state index contributed by atoms with van der Waals surface area (Å²) < 4.78 is 5.56. The molecule has 1 unspecified atom stereocenters. The van der Waals surface area contributed by atoms with Gasteiger partial charge in [-0.05, 0) is 47.1 Å². The number of methoxy groups -OCH3 is 1. The molecule has 1 atom stereocenters. The van der Waals surface area contributed by atoms with Crippen LogP contribution in [0, 0.1) is 0 Å². The smallest absolute Gasteiger partial charge is 0.0777 e. The Balaban J connectivity index is 2.68. The maximum atomic E-state index is 5.56. The molecule has 0 aliphatic carbocycles. The average molecular weight is 185 g/mol. The first kappa shape index (κ1) is 11.0. The average Bonchev–Trinajstić information content (AvgIpc) is 2.52. The molecule has 0 aromatic rings. The third-order valence-electron chi connectivity index (χ3n) is 3.29. The van der Waals surface area contributed by atoms with Gasteiger partial charge in [0.25, 0.3) is 0 Å². The summed E-state index contributed by atoms with van der Waals surface area (Å²) in [5.74, 6) is 0. The van der Waals surface area contributed by atoms with Gasteiger partial charge in [-0.2, -0.15) is 0 Å². The first-order chi connectivity index (χ1) is 5.99. The Morgan fingerprint density at radius 3 is 2.46 bits per heavy atom. The Labute approximate surface area is 82.3 Å². The lowest BCUT2D eigenvalue weighted by molar-refractivity contribution is -0.0471. The second-order valence-electron chi connectivity index (χ2n) is 4.80. The summed E-state index contributed by atoms with van der Waals surface area (Å²) in [6.45, 7) is 10.2. The normalized spacial score (nSPS) is 25.8. The molecule has 1 aliphatic heterocycles. The lowest BCUT2D eigenvalue weighted by atomic mass is 9.95. The van der Waals surface area contributed by atoms with E-state index in [-0.39, 0.29) is 5.60 Å². The SMILES string of the molecule is COC(C)(C)C1CCCN1C(C)C. The van der Waals surface area contributed by atoms with Crippen molar-refractivity contribution in [3.8, 4) is 0 Å². The molecule has 0 amide bonds. The van der Waals surface area contributed by atoms with Crippen molar-refractivity contribution < 1.29 is 4.74 Å². The van der Waals surface area contributed by atoms with Gasteiger partial charge in [-0.25, -0.2) is 0 Å². The van der Waals surface area contributed by atoms with Gasteiger partial charge in [0.2, 0.25) is 0 Å². The fourth-order valence-corrected chi connectivity index (χ4v) is 2.29. The number of nitrogens with zero attached hydrogens (tertiary/aromatic N) is 1. The summed E-state index contributed by atoms with van der Waals surface area (Å²) in [7, 11) is 1.82. The fraction of sp³-hybridized carbons (Fsp3) is 1.00. The highest BCUT2D eigenvalue weighted by atomic mass is 16.5. The van der Waals surface area contributed by atoms with Crippen LogP contribution in [0.2, 0.25) is 0 Å². The molecule has 1 rings (SSSR count). The second kappa shape index (κ2) is 3.97. The minimum absolute atomic E-state index is 0.000764. The van der Waals surface area contributed by atoms with Gasteiger partial charge in [0, 0.05) is 19.2 Å². The van der Waals surface area contributed by atoms with Crippen LogP contribution in [0.3, 0.4) is 0 Å². The van der Waals surface area contributed by atoms with E-state index >= 15 is 0 Å². The van der Waals surface area contributed by atoms with Crippen LogP contribution in [-0.2, 0) is 4.74 Å². The number of hydrogen-bond acceptors (Lipinski definition) is 2. The third-order valence-corrected chi connectivity index (χ3v) is 3.29. The topological polar surface area (TPSA) is 12.5 Å². The van der Waals surface area contributed by atoms with E-state index in [9.17, 15) is 0 Å². The molecular weight excluding hydrogens is 162 g/mol. The zero-order valence-corrected chi connectivity index (χ0v) is 9.63. The third kappa shape index (κ3) is 2.23. The molecule has 1 saturated heterocycles. The second-order valence-corrected chi connectivity index (χ2v) is 4.80. The highest BCUT2D eigenvalue weighted by Gasteiger charge is 2.38. The van der Waals surface area contributed by atoms with Crippen LogP contribution in [0.1, 0.15) is 40.5 Å². The maximum absolute atomic E-state index is 5.56. The van der Waals surface area contributed by atoms with Gasteiger partial charge in [-0.1, -0.05) is 0 Å². The number of hydrogen-bond donors (Lipinski definition) is 0. The van der Waals surface area contributed by atoms with Crippen molar-refractivity contribution in [3.63, 3.8) is 0 Å². The number of ether oxygens (including phenoxy) is 1. The van der Waals surface area contributed by atoms with Crippen LogP contribution in [0.4, 0.5) is 0 Å². The monoisotopic (exact) mass is 185 g/mol. The molecule has 0 aromatic carbocycles. The van der Waals surface area contributed by atoms with Crippen LogP contribution < -0.4 is 0 Å². The summed E-state index contributed by atoms with van der Waals surface area (Å²) >= 11 is 0. The van der Waals surface area contributed by atoms with E-state index in [0.717, 1.165) is 0 Å². The first-order valence-corrected chi connectivity index (χ1v) is 5.30. The lowest BCUT2D eigenvalue weighted by Crippen LogP contribution is -2.49. The van der Waals surface area contributed by atoms with Gasteiger partial charge in [-0.15, -0.1) is 0 Å². The molecule has 0 radical (unpaired) electrons. The molecule has 0 aromatic heterocycles. The highest BCUT2D eigenvalue weighted by molar-refractivity contribution is 4.93. The van der Waals surface area contributed by atoms with Crippen molar-refractivity contribution in [2.45, 2.75) is 58.2 Å². The van der Waals surface area contributed by atoms with Crippen molar-refractivity contribution >= 4 is 0 Å². The van der Waals surface area contributed by atoms with Crippen LogP contribution in [-0.4, -0.2) is 36.2 Å². The van der Waals surface area contributed by atoms with E-state index in [1.807, 2.05) is 7.11 Å². The molecule has 0 N–H and O–H groups in total. The molecule has 0 bridgehead atoms. The van der Waals surface area contributed by atoms with Gasteiger partial charge in [0.05, 0.1) is 5.60 Å². The van der Waals surface area contributed by atoms with Crippen LogP contribution in [0.15, 0.2) is 0 Å². The lowest BCUT2D eigenvalue weighted by Gasteiger charge is -2.38. The molecule has 1 fully saturated rings. The molecule has 78 valence electrons. The van der Waals surface area contributed by atoms with E-state index in [1.165, 1.54) is 19.4 Å². The van der Waals surface area contributed by atoms with E-state index < -0.39 is 0 Å². The van der Waals surface area contributed by atoms with E-state index in [1.54, 1.807) is 0 Å². The van der Waals surface area contributed by atoms with Gasteiger partial charge in [-0.3, -0.25) is 4.90 Å². The molecule has 13 heavy (non-hydrogen) atoms. The molecule has 1 heterocycles. The number of rotatable bonds is 3. The predicted molar refractivity (Wildman–Crippen MR) is 56.0 cm³/mol. The highest BCUT2D eigenvalue weighted by Crippen LogP contribution is 2.30. The van der Waals surface area contributed by atoms with E-state index in [4.69, 9.17) is 4.74 Å². The maximum Gasteiger partial charge on any atom is 0.0777 e. The van der Waals surface area contributed by atoms with Gasteiger partial charge in [0.1, 0.15) is 0 Å². The molecule has 2 heteroatoms. The first-order valence-electron chi connectivity index (χ1n) is 5.30. The molecule has 0 spiro atoms. The molecule has 2 nitrogen and oxygen atoms in total. The Hall–Kier alpha value is -0.0800. The van der Waals surface area contributed by atoms with Gasteiger partial charge >= 0.3 is 0 Å². The van der Waals surface area contributed by atoms with Crippen molar-refractivity contribution in [1.29, 1.82) is 0 Å². The quantitative estimate of drug-likeness (QED) is 0.669. The zero-order chi connectivity index (χ0) is 10.1. The molecule has 0 saturated carbocycles. The summed E-state index contributed by atoms with van der Waals surface area (Å²) in [6.07, 6.45) is 2.59. The molecular formula is C11H23NO. The van der Waals surface area contributed by atoms with Crippen molar-refractivity contribution in [2.75, 3.05) is 13.7 Å². The van der Waals surface area contributed by atoms with Crippen LogP contribution >= 0.6 is 0 Å². The van der Waals surface area contributed by atoms with E-state index in [0.29, 0.717) is 12.1 Å². The van der Waals surface area contributed by atoms with Crippen molar-refractivity contribution in [1.82, 2.24) is 4.90 Å². The summed E-state index contributed by atoms with van der Waals surface area (Å²) in [5.41, 5.74) is 0.000764. The van der Waals surface area contributed by atoms with Gasteiger partial charge < -0.3 is 4.74 Å². The fourth-order valence-electron chi connectivity index (χ4n) is 2.29. The zero-order valence-electron chi connectivity index (χ0n) is 9.63. The summed E-state index contributed by atoms with van der Waals surface area (Å²) in [6, 6.07) is 1.24. The Kier molecular flexibility index (Phi) is 3.36. The Morgan fingerprint density at radius 1 is 1.38 bits per heavy atom. The number of likely N-dealkylation sites (tertiary alicyclic amines) is 1. The van der Waals surface area contributed by atoms with Crippen molar-refractivity contribution in [2.24, 2.45) is 0 Å². The Morgan fingerprint density at radius 2 is 2.00 bits per heavy atom.